The SMILES string of the molecule is CC(=O)c1ccc(OCc2ccccc2)c(C(=O)O)c1N. The number of nitrogens with two attached hydrogens (primary N) is 1. The molecule has 0 amide bonds. The zero-order chi connectivity index (χ0) is 15.4. The van der Waals surface area contributed by atoms with Crippen LogP contribution in [0.1, 0.15) is 33.2 Å². The fourth-order valence-corrected chi connectivity index (χ4v) is 1.98. The van der Waals surface area contributed by atoms with Gasteiger partial charge >= 0.3 is 5.97 Å². The second-order valence-electron chi connectivity index (χ2n) is 4.54. The van der Waals surface area contributed by atoms with Crippen LogP contribution in [0.4, 0.5) is 5.69 Å². The Bertz CT molecular complexity index is 680. The zero-order valence-electron chi connectivity index (χ0n) is 11.5. The van der Waals surface area contributed by atoms with Crippen molar-refractivity contribution in [2.45, 2.75) is 13.5 Å². The summed E-state index contributed by atoms with van der Waals surface area (Å²) in [4.78, 5) is 22.8. The van der Waals surface area contributed by atoms with E-state index in [-0.39, 0.29) is 35.0 Å². The lowest BCUT2D eigenvalue weighted by atomic mass is 10.0. The molecule has 0 atom stereocenters. The van der Waals surface area contributed by atoms with Crippen LogP contribution in [-0.2, 0) is 6.61 Å². The fraction of sp³-hybridized carbons (Fsp3) is 0.125. The summed E-state index contributed by atoms with van der Waals surface area (Å²) in [6.45, 7) is 1.56. The minimum Gasteiger partial charge on any atom is -0.488 e. The van der Waals surface area contributed by atoms with E-state index in [2.05, 4.69) is 0 Å². The van der Waals surface area contributed by atoms with Crippen LogP contribution in [0.15, 0.2) is 42.5 Å². The molecule has 0 saturated heterocycles. The summed E-state index contributed by atoms with van der Waals surface area (Å²) in [6.07, 6.45) is 0. The summed E-state index contributed by atoms with van der Waals surface area (Å²) < 4.78 is 5.53. The van der Waals surface area contributed by atoms with Gasteiger partial charge in [-0.1, -0.05) is 30.3 Å². The van der Waals surface area contributed by atoms with Crippen LogP contribution in [-0.4, -0.2) is 16.9 Å². The summed E-state index contributed by atoms with van der Waals surface area (Å²) >= 11 is 0. The van der Waals surface area contributed by atoms with Gasteiger partial charge in [-0.15, -0.1) is 0 Å². The van der Waals surface area contributed by atoms with Gasteiger partial charge < -0.3 is 15.6 Å². The van der Waals surface area contributed by atoms with E-state index in [9.17, 15) is 14.7 Å². The molecule has 0 heterocycles. The lowest BCUT2D eigenvalue weighted by Crippen LogP contribution is -2.11. The van der Waals surface area contributed by atoms with Crippen LogP contribution in [0.5, 0.6) is 5.75 Å². The predicted molar refractivity (Wildman–Crippen MR) is 78.6 cm³/mol. The standard InChI is InChI=1S/C16H15NO4/c1-10(18)12-7-8-13(14(15(12)17)16(19)20)21-9-11-5-3-2-4-6-11/h2-8H,9,17H2,1H3,(H,19,20). The molecule has 2 aromatic rings. The first kappa shape index (κ1) is 14.6. The normalized spacial score (nSPS) is 10.1. The largest absolute Gasteiger partial charge is 0.488 e. The van der Waals surface area contributed by atoms with Gasteiger partial charge in [0.25, 0.3) is 0 Å². The van der Waals surface area contributed by atoms with Gasteiger partial charge in [0.15, 0.2) is 5.78 Å². The fourth-order valence-electron chi connectivity index (χ4n) is 1.98. The Morgan fingerprint density at radius 2 is 1.81 bits per heavy atom. The van der Waals surface area contributed by atoms with Crippen molar-refractivity contribution in [3.8, 4) is 5.75 Å². The smallest absolute Gasteiger partial charge is 0.341 e. The Kier molecular flexibility index (Phi) is 4.23. The predicted octanol–water partition coefficient (Wildman–Crippen LogP) is 2.75. The van der Waals surface area contributed by atoms with Crippen LogP contribution in [0.25, 0.3) is 0 Å². The van der Waals surface area contributed by atoms with Crippen molar-refractivity contribution >= 4 is 17.4 Å². The Morgan fingerprint density at radius 3 is 2.38 bits per heavy atom. The molecule has 2 aromatic carbocycles. The first-order valence-corrected chi connectivity index (χ1v) is 6.34. The second kappa shape index (κ2) is 6.09. The molecule has 3 N–H and O–H groups in total. The second-order valence-corrected chi connectivity index (χ2v) is 4.54. The van der Waals surface area contributed by atoms with E-state index in [0.717, 1.165) is 5.56 Å². The first-order valence-electron chi connectivity index (χ1n) is 6.34. The maximum atomic E-state index is 11.4. The lowest BCUT2D eigenvalue weighted by Gasteiger charge is -2.13. The van der Waals surface area contributed by atoms with Crippen LogP contribution in [0, 0.1) is 0 Å². The van der Waals surface area contributed by atoms with Gasteiger partial charge in [0, 0.05) is 5.56 Å². The number of anilines is 1. The molecule has 2 rings (SSSR count). The highest BCUT2D eigenvalue weighted by atomic mass is 16.5. The molecule has 0 aliphatic carbocycles. The Hall–Kier alpha value is -2.82. The van der Waals surface area contributed by atoms with Crippen molar-refractivity contribution in [1.29, 1.82) is 0 Å². The molecule has 5 heteroatoms. The molecular weight excluding hydrogens is 270 g/mol. The van der Waals surface area contributed by atoms with E-state index in [0.29, 0.717) is 0 Å². The summed E-state index contributed by atoms with van der Waals surface area (Å²) in [5, 5.41) is 9.28. The minimum atomic E-state index is -1.22. The number of carboxylic acids is 1. The number of Topliss-reactive ketones (excluding diaryl/α,β-unsaturated/α-hetero) is 1. The molecule has 0 unspecified atom stereocenters. The van der Waals surface area contributed by atoms with Gasteiger partial charge in [-0.05, 0) is 24.6 Å². The van der Waals surface area contributed by atoms with Gasteiger partial charge in [0.1, 0.15) is 17.9 Å². The molecule has 108 valence electrons. The van der Waals surface area contributed by atoms with Gasteiger partial charge in [0.05, 0.1) is 5.69 Å². The maximum Gasteiger partial charge on any atom is 0.341 e. The van der Waals surface area contributed by atoms with Crippen molar-refractivity contribution in [2.75, 3.05) is 5.73 Å². The summed E-state index contributed by atoms with van der Waals surface area (Å²) in [5.41, 5.74) is 6.61. The molecule has 0 bridgehead atoms. The topological polar surface area (TPSA) is 89.6 Å². The van der Waals surface area contributed by atoms with Gasteiger partial charge in [-0.25, -0.2) is 4.79 Å². The number of carbonyl (C=O) groups is 2. The third-order valence-electron chi connectivity index (χ3n) is 3.04. The number of hydrogen-bond acceptors (Lipinski definition) is 4. The van der Waals surface area contributed by atoms with E-state index < -0.39 is 5.97 Å². The molecule has 0 radical (unpaired) electrons. The quantitative estimate of drug-likeness (QED) is 0.651. The summed E-state index contributed by atoms with van der Waals surface area (Å²) in [6, 6.07) is 12.3. The molecular formula is C16H15NO4. The van der Waals surface area contributed by atoms with Gasteiger partial charge in [-0.2, -0.15) is 0 Å². The number of ketones is 1. The van der Waals surface area contributed by atoms with E-state index in [1.54, 1.807) is 0 Å². The van der Waals surface area contributed by atoms with Crippen LogP contribution >= 0.6 is 0 Å². The van der Waals surface area contributed by atoms with E-state index in [4.69, 9.17) is 10.5 Å². The average molecular weight is 285 g/mol. The number of hydrogen-bond donors (Lipinski definition) is 2. The van der Waals surface area contributed by atoms with Crippen molar-refractivity contribution in [2.24, 2.45) is 0 Å². The minimum absolute atomic E-state index is 0.0689. The number of nitrogen functional groups attached to an aromatic ring is 1. The molecule has 5 nitrogen and oxygen atoms in total. The van der Waals surface area contributed by atoms with Crippen molar-refractivity contribution < 1.29 is 19.4 Å². The van der Waals surface area contributed by atoms with Crippen molar-refractivity contribution in [1.82, 2.24) is 0 Å². The molecule has 0 aromatic heterocycles. The third kappa shape index (κ3) is 3.20. The number of carbonyl (C=O) groups excluding carboxylic acids is 1. The average Bonchev–Trinajstić information content (AvgIpc) is 2.45. The molecule has 0 fully saturated rings. The van der Waals surface area contributed by atoms with Gasteiger partial charge in [-0.3, -0.25) is 4.79 Å². The summed E-state index contributed by atoms with van der Waals surface area (Å²) in [5.74, 6) is -1.36. The van der Waals surface area contributed by atoms with Crippen LogP contribution in [0.3, 0.4) is 0 Å². The van der Waals surface area contributed by atoms with Crippen molar-refractivity contribution in [3.63, 3.8) is 0 Å². The molecule has 0 aliphatic heterocycles. The van der Waals surface area contributed by atoms with E-state index in [1.165, 1.54) is 19.1 Å². The summed E-state index contributed by atoms with van der Waals surface area (Å²) in [7, 11) is 0. The number of aromatic carboxylic acids is 1. The monoisotopic (exact) mass is 285 g/mol. The van der Waals surface area contributed by atoms with E-state index >= 15 is 0 Å². The first-order chi connectivity index (χ1) is 10.0. The molecule has 0 saturated carbocycles. The number of carboxylic acid groups (broad SMARTS) is 1. The highest BCUT2D eigenvalue weighted by Crippen LogP contribution is 2.29. The number of rotatable bonds is 5. The molecule has 0 aliphatic rings. The molecule has 0 spiro atoms. The highest BCUT2D eigenvalue weighted by Gasteiger charge is 2.20. The van der Waals surface area contributed by atoms with Gasteiger partial charge in [0.2, 0.25) is 0 Å². The van der Waals surface area contributed by atoms with Crippen LogP contribution in [0.2, 0.25) is 0 Å². The van der Waals surface area contributed by atoms with Crippen molar-refractivity contribution in [3.05, 3.63) is 59.2 Å². The number of benzene rings is 2. The van der Waals surface area contributed by atoms with E-state index in [1.807, 2.05) is 30.3 Å². The Balaban J connectivity index is 2.33. The highest BCUT2D eigenvalue weighted by molar-refractivity contribution is 6.06. The Labute approximate surface area is 122 Å². The maximum absolute atomic E-state index is 11.4. The number of ether oxygens (including phenoxy) is 1. The third-order valence-corrected chi connectivity index (χ3v) is 3.04. The lowest BCUT2D eigenvalue weighted by molar-refractivity contribution is 0.0693. The Morgan fingerprint density at radius 1 is 1.14 bits per heavy atom. The van der Waals surface area contributed by atoms with Crippen LogP contribution < -0.4 is 10.5 Å². The molecule has 21 heavy (non-hydrogen) atoms. The zero-order valence-corrected chi connectivity index (χ0v) is 11.5.